The van der Waals surface area contributed by atoms with Crippen molar-refractivity contribution in [1.82, 2.24) is 9.88 Å². The largest absolute Gasteiger partial charge is 0.349 e. The summed E-state index contributed by atoms with van der Waals surface area (Å²) in [6, 6.07) is 6.49. The second kappa shape index (κ2) is 4.94. The fourth-order valence-electron chi connectivity index (χ4n) is 3.07. The van der Waals surface area contributed by atoms with Gasteiger partial charge in [0.1, 0.15) is 0 Å². The average Bonchev–Trinajstić information content (AvgIpc) is 2.67. The molecule has 1 fully saturated rings. The number of rotatable bonds is 2. The van der Waals surface area contributed by atoms with Gasteiger partial charge in [-0.1, -0.05) is 29.8 Å². The van der Waals surface area contributed by atoms with Crippen LogP contribution >= 0.6 is 11.6 Å². The Bertz CT molecular complexity index is 553. The van der Waals surface area contributed by atoms with Crippen LogP contribution in [-0.4, -0.2) is 17.7 Å². The number of fused-ring (bicyclic) bond motifs is 1. The predicted molar refractivity (Wildman–Crippen MR) is 77.2 cm³/mol. The lowest BCUT2D eigenvalue weighted by Crippen LogP contribution is -2.28. The maximum absolute atomic E-state index is 6.26. The van der Waals surface area contributed by atoms with Crippen LogP contribution in [0, 0.1) is 5.92 Å². The van der Waals surface area contributed by atoms with E-state index >= 15 is 0 Å². The Morgan fingerprint density at radius 2 is 2.11 bits per heavy atom. The second-order valence-electron chi connectivity index (χ2n) is 5.30. The van der Waals surface area contributed by atoms with Crippen LogP contribution in [0.25, 0.3) is 10.9 Å². The third-order valence-corrected chi connectivity index (χ3v) is 4.31. The first-order valence-electron chi connectivity index (χ1n) is 6.69. The van der Waals surface area contributed by atoms with Crippen molar-refractivity contribution in [2.75, 3.05) is 13.1 Å². The van der Waals surface area contributed by atoms with Crippen molar-refractivity contribution in [3.05, 3.63) is 35.0 Å². The van der Waals surface area contributed by atoms with E-state index < -0.39 is 0 Å². The van der Waals surface area contributed by atoms with Crippen molar-refractivity contribution < 1.29 is 0 Å². The Labute approximate surface area is 113 Å². The van der Waals surface area contributed by atoms with Crippen molar-refractivity contribution in [1.29, 1.82) is 0 Å². The molecule has 1 aromatic heterocycles. The Morgan fingerprint density at radius 3 is 2.89 bits per heavy atom. The summed E-state index contributed by atoms with van der Waals surface area (Å²) in [5.41, 5.74) is 2.75. The topological polar surface area (TPSA) is 17.0 Å². The van der Waals surface area contributed by atoms with Crippen molar-refractivity contribution in [3.63, 3.8) is 0 Å². The number of benzene rings is 1. The molecular weight excluding hydrogens is 244 g/mol. The fourth-order valence-corrected chi connectivity index (χ4v) is 3.37. The van der Waals surface area contributed by atoms with Crippen molar-refractivity contribution in [2.24, 2.45) is 13.0 Å². The molecule has 3 rings (SSSR count). The van der Waals surface area contributed by atoms with Gasteiger partial charge in [0.05, 0.1) is 10.5 Å². The van der Waals surface area contributed by atoms with E-state index in [9.17, 15) is 0 Å². The highest BCUT2D eigenvalue weighted by molar-refractivity contribution is 6.35. The van der Waals surface area contributed by atoms with E-state index in [-0.39, 0.29) is 0 Å². The van der Waals surface area contributed by atoms with Gasteiger partial charge in [0.25, 0.3) is 0 Å². The lowest BCUT2D eigenvalue weighted by molar-refractivity contribution is 0.373. The van der Waals surface area contributed by atoms with Crippen LogP contribution in [0.2, 0.25) is 5.02 Å². The van der Waals surface area contributed by atoms with E-state index in [1.807, 2.05) is 6.20 Å². The molecule has 96 valence electrons. The van der Waals surface area contributed by atoms with Gasteiger partial charge in [0.15, 0.2) is 0 Å². The molecule has 2 heterocycles. The van der Waals surface area contributed by atoms with Crippen LogP contribution in [0.5, 0.6) is 0 Å². The number of nitrogens with zero attached hydrogens (tertiary/aromatic N) is 1. The number of aryl methyl sites for hydroxylation is 1. The average molecular weight is 263 g/mol. The van der Waals surface area contributed by atoms with E-state index in [1.165, 1.54) is 35.7 Å². The third-order valence-electron chi connectivity index (χ3n) is 4.00. The summed E-state index contributed by atoms with van der Waals surface area (Å²) in [4.78, 5) is 0. The van der Waals surface area contributed by atoms with E-state index in [0.29, 0.717) is 0 Å². The minimum Gasteiger partial charge on any atom is -0.349 e. The molecule has 1 N–H and O–H groups in total. The first-order chi connectivity index (χ1) is 8.75. The zero-order chi connectivity index (χ0) is 12.5. The number of para-hydroxylation sites is 1. The van der Waals surface area contributed by atoms with Gasteiger partial charge < -0.3 is 9.88 Å². The molecule has 0 saturated carbocycles. The van der Waals surface area contributed by atoms with E-state index in [1.54, 1.807) is 0 Å². The molecule has 0 amide bonds. The number of piperidine rings is 1. The third kappa shape index (κ3) is 2.15. The van der Waals surface area contributed by atoms with Gasteiger partial charge in [-0.2, -0.15) is 0 Å². The molecule has 1 aliphatic rings. The molecule has 2 aromatic rings. The van der Waals surface area contributed by atoms with Gasteiger partial charge in [-0.15, -0.1) is 0 Å². The second-order valence-corrected chi connectivity index (χ2v) is 5.71. The van der Waals surface area contributed by atoms with Gasteiger partial charge >= 0.3 is 0 Å². The van der Waals surface area contributed by atoms with Crippen LogP contribution in [0.3, 0.4) is 0 Å². The molecule has 0 spiro atoms. The number of aromatic nitrogens is 1. The van der Waals surface area contributed by atoms with Gasteiger partial charge in [0, 0.05) is 18.6 Å². The number of hydrogen-bond donors (Lipinski definition) is 1. The normalized spacial score (nSPS) is 17.4. The van der Waals surface area contributed by atoms with Crippen LogP contribution in [0.15, 0.2) is 24.4 Å². The van der Waals surface area contributed by atoms with Crippen molar-refractivity contribution in [3.8, 4) is 0 Å². The molecule has 1 aromatic carbocycles. The molecule has 0 unspecified atom stereocenters. The summed E-state index contributed by atoms with van der Waals surface area (Å²) in [7, 11) is 2.08. The predicted octanol–water partition coefficient (Wildman–Crippen LogP) is 3.37. The fraction of sp³-hybridized carbons (Fsp3) is 0.467. The quantitative estimate of drug-likeness (QED) is 0.878. The molecule has 2 nitrogen and oxygen atoms in total. The van der Waals surface area contributed by atoms with Crippen LogP contribution in [0.1, 0.15) is 18.4 Å². The van der Waals surface area contributed by atoms with Crippen LogP contribution in [-0.2, 0) is 13.5 Å². The highest BCUT2D eigenvalue weighted by Gasteiger charge is 2.16. The Hall–Kier alpha value is -0.990. The SMILES string of the molecule is Cn1cc(Cl)c2cccc(CC3CCNCC3)c21. The molecule has 0 bridgehead atoms. The number of nitrogens with one attached hydrogen (secondary N) is 1. The molecule has 3 heteroatoms. The highest BCUT2D eigenvalue weighted by Crippen LogP contribution is 2.30. The van der Waals surface area contributed by atoms with E-state index in [2.05, 4.69) is 35.1 Å². The Balaban J connectivity index is 1.95. The summed E-state index contributed by atoms with van der Waals surface area (Å²) < 4.78 is 2.16. The summed E-state index contributed by atoms with van der Waals surface area (Å²) in [6.45, 7) is 2.32. The minimum absolute atomic E-state index is 0.811. The summed E-state index contributed by atoms with van der Waals surface area (Å²) in [5.74, 6) is 0.811. The summed E-state index contributed by atoms with van der Waals surface area (Å²) in [5, 5.41) is 5.47. The highest BCUT2D eigenvalue weighted by atomic mass is 35.5. The lowest BCUT2D eigenvalue weighted by Gasteiger charge is -2.23. The Morgan fingerprint density at radius 1 is 1.33 bits per heavy atom. The molecule has 0 atom stereocenters. The van der Waals surface area contributed by atoms with E-state index in [0.717, 1.165) is 24.0 Å². The number of halogens is 1. The van der Waals surface area contributed by atoms with Crippen LogP contribution in [0.4, 0.5) is 0 Å². The first kappa shape index (κ1) is 12.1. The smallest absolute Gasteiger partial charge is 0.0661 e. The van der Waals surface area contributed by atoms with Crippen molar-refractivity contribution in [2.45, 2.75) is 19.3 Å². The van der Waals surface area contributed by atoms with Gasteiger partial charge in [-0.25, -0.2) is 0 Å². The molecule has 0 radical (unpaired) electrons. The summed E-state index contributed by atoms with van der Waals surface area (Å²) in [6.07, 6.45) is 5.76. The molecule has 18 heavy (non-hydrogen) atoms. The Kier molecular flexibility index (Phi) is 3.31. The standard InChI is InChI=1S/C15H19ClN2/c1-18-10-14(16)13-4-2-3-12(15(13)18)9-11-5-7-17-8-6-11/h2-4,10-11,17H,5-9H2,1H3. The van der Waals surface area contributed by atoms with Gasteiger partial charge in [-0.05, 0) is 43.8 Å². The zero-order valence-corrected chi connectivity index (χ0v) is 11.5. The van der Waals surface area contributed by atoms with Gasteiger partial charge in [0.2, 0.25) is 0 Å². The molecular formula is C15H19ClN2. The van der Waals surface area contributed by atoms with E-state index in [4.69, 9.17) is 11.6 Å². The zero-order valence-electron chi connectivity index (χ0n) is 10.7. The van der Waals surface area contributed by atoms with Gasteiger partial charge in [-0.3, -0.25) is 0 Å². The first-order valence-corrected chi connectivity index (χ1v) is 7.06. The summed E-state index contributed by atoms with van der Waals surface area (Å²) >= 11 is 6.26. The minimum atomic E-state index is 0.811. The number of hydrogen-bond acceptors (Lipinski definition) is 1. The van der Waals surface area contributed by atoms with Crippen LogP contribution < -0.4 is 5.32 Å². The monoisotopic (exact) mass is 262 g/mol. The molecule has 1 aliphatic heterocycles. The molecule has 0 aliphatic carbocycles. The maximum Gasteiger partial charge on any atom is 0.0661 e. The van der Waals surface area contributed by atoms with Crippen molar-refractivity contribution >= 4 is 22.5 Å². The molecule has 1 saturated heterocycles. The lowest BCUT2D eigenvalue weighted by atomic mass is 9.90. The maximum atomic E-state index is 6.26.